The number of carbonyl (C=O) groups is 1. The second-order valence-electron chi connectivity index (χ2n) is 6.72. The molecule has 7 heteroatoms. The Bertz CT molecular complexity index is 631. The van der Waals surface area contributed by atoms with Crippen molar-refractivity contribution in [1.29, 1.82) is 0 Å². The predicted octanol–water partition coefficient (Wildman–Crippen LogP) is 1.79. The first-order valence-corrected chi connectivity index (χ1v) is 8.99. The van der Waals surface area contributed by atoms with Crippen molar-refractivity contribution in [3.63, 3.8) is 0 Å². The van der Waals surface area contributed by atoms with Gasteiger partial charge in [-0.1, -0.05) is 26.0 Å². The van der Waals surface area contributed by atoms with Crippen LogP contribution in [0.15, 0.2) is 29.2 Å². The number of carbonyl (C=O) groups excluding carboxylic acids is 1. The Kier molecular flexibility index (Phi) is 6.33. The molecule has 3 N–H and O–H groups in total. The van der Waals surface area contributed by atoms with E-state index in [0.717, 1.165) is 5.56 Å². The van der Waals surface area contributed by atoms with Crippen molar-refractivity contribution in [1.82, 2.24) is 4.72 Å². The van der Waals surface area contributed by atoms with Crippen LogP contribution in [0.4, 0.5) is 0 Å². The lowest BCUT2D eigenvalue weighted by Gasteiger charge is -2.26. The molecule has 0 heterocycles. The van der Waals surface area contributed by atoms with E-state index in [2.05, 4.69) is 4.72 Å². The van der Waals surface area contributed by atoms with Gasteiger partial charge in [-0.05, 0) is 44.4 Å². The van der Waals surface area contributed by atoms with E-state index >= 15 is 0 Å². The molecule has 0 unspecified atom stereocenters. The zero-order chi connectivity index (χ0) is 17.8. The number of esters is 1. The third-order valence-electron chi connectivity index (χ3n) is 3.08. The highest BCUT2D eigenvalue weighted by Crippen LogP contribution is 2.16. The molecule has 0 bridgehead atoms. The van der Waals surface area contributed by atoms with Crippen molar-refractivity contribution >= 4 is 16.0 Å². The van der Waals surface area contributed by atoms with Crippen molar-refractivity contribution in [3.05, 3.63) is 29.8 Å². The molecule has 0 aromatic heterocycles. The van der Waals surface area contributed by atoms with Crippen LogP contribution in [-0.2, 0) is 26.1 Å². The summed E-state index contributed by atoms with van der Waals surface area (Å²) in [5.41, 5.74) is 5.65. The van der Waals surface area contributed by atoms with Crippen LogP contribution in [0.25, 0.3) is 0 Å². The van der Waals surface area contributed by atoms with E-state index in [0.29, 0.717) is 6.54 Å². The van der Waals surface area contributed by atoms with Gasteiger partial charge in [0.1, 0.15) is 11.6 Å². The lowest BCUT2D eigenvalue weighted by Crippen LogP contribution is -2.47. The Labute approximate surface area is 138 Å². The molecule has 130 valence electrons. The fourth-order valence-electron chi connectivity index (χ4n) is 1.86. The summed E-state index contributed by atoms with van der Waals surface area (Å²) in [5, 5.41) is 0. The molecular formula is C16H26N2O4S. The Hall–Kier alpha value is -1.44. The van der Waals surface area contributed by atoms with Crippen molar-refractivity contribution < 1.29 is 17.9 Å². The highest BCUT2D eigenvalue weighted by Gasteiger charge is 2.32. The van der Waals surface area contributed by atoms with Crippen molar-refractivity contribution in [2.24, 2.45) is 11.7 Å². The first kappa shape index (κ1) is 19.6. The fraction of sp³-hybridized carbons (Fsp3) is 0.562. The van der Waals surface area contributed by atoms with E-state index in [1.807, 2.05) is 0 Å². The maximum atomic E-state index is 12.5. The molecule has 0 spiro atoms. The third kappa shape index (κ3) is 5.93. The number of nitrogens with one attached hydrogen (secondary N) is 1. The summed E-state index contributed by atoms with van der Waals surface area (Å²) in [4.78, 5) is 12.3. The number of benzene rings is 1. The Balaban J connectivity index is 3.00. The lowest BCUT2D eigenvalue weighted by molar-refractivity contribution is -0.158. The van der Waals surface area contributed by atoms with Gasteiger partial charge in [0, 0.05) is 6.54 Å². The van der Waals surface area contributed by atoms with Crippen molar-refractivity contribution in [2.75, 3.05) is 0 Å². The summed E-state index contributed by atoms with van der Waals surface area (Å²) in [5.74, 6) is -0.836. The van der Waals surface area contributed by atoms with Gasteiger partial charge in [-0.15, -0.1) is 0 Å². The van der Waals surface area contributed by atoms with Crippen LogP contribution in [0.3, 0.4) is 0 Å². The summed E-state index contributed by atoms with van der Waals surface area (Å²) in [6.45, 7) is 9.07. The number of hydrogen-bond donors (Lipinski definition) is 2. The first-order chi connectivity index (χ1) is 10.5. The first-order valence-electron chi connectivity index (χ1n) is 7.50. The average molecular weight is 342 g/mol. The summed E-state index contributed by atoms with van der Waals surface area (Å²) in [6, 6.07) is 5.28. The topological polar surface area (TPSA) is 98.5 Å². The van der Waals surface area contributed by atoms with Gasteiger partial charge in [0.05, 0.1) is 4.90 Å². The van der Waals surface area contributed by atoms with Crippen molar-refractivity contribution in [2.45, 2.75) is 57.7 Å². The second-order valence-corrected chi connectivity index (χ2v) is 8.44. The molecule has 0 aliphatic heterocycles. The van der Waals surface area contributed by atoms with Gasteiger partial charge < -0.3 is 10.5 Å². The lowest BCUT2D eigenvalue weighted by atomic mass is 10.1. The zero-order valence-corrected chi connectivity index (χ0v) is 15.1. The smallest absolute Gasteiger partial charge is 0.324 e. The van der Waals surface area contributed by atoms with Crippen LogP contribution in [0, 0.1) is 5.92 Å². The third-order valence-corrected chi connectivity index (χ3v) is 4.54. The predicted molar refractivity (Wildman–Crippen MR) is 89.1 cm³/mol. The minimum atomic E-state index is -3.82. The minimum absolute atomic E-state index is 0.0870. The van der Waals surface area contributed by atoms with Gasteiger partial charge in [0.15, 0.2) is 0 Å². The van der Waals surface area contributed by atoms with Crippen LogP contribution >= 0.6 is 0 Å². The quantitative estimate of drug-likeness (QED) is 0.768. The number of nitrogens with two attached hydrogens (primary N) is 1. The summed E-state index contributed by atoms with van der Waals surface area (Å²) in [6.07, 6.45) is 0. The summed E-state index contributed by atoms with van der Waals surface area (Å²) >= 11 is 0. The molecule has 6 nitrogen and oxygen atoms in total. The fourth-order valence-corrected chi connectivity index (χ4v) is 3.19. The number of rotatable bonds is 6. The van der Waals surface area contributed by atoms with Gasteiger partial charge in [0.25, 0.3) is 0 Å². The second kappa shape index (κ2) is 7.42. The molecule has 0 saturated carbocycles. The zero-order valence-electron chi connectivity index (χ0n) is 14.3. The molecule has 0 radical (unpaired) electrons. The van der Waals surface area contributed by atoms with Crippen LogP contribution in [0.1, 0.15) is 40.2 Å². The van der Waals surface area contributed by atoms with Crippen LogP contribution in [0.5, 0.6) is 0 Å². The van der Waals surface area contributed by atoms with Gasteiger partial charge in [-0.3, -0.25) is 4.79 Å². The van der Waals surface area contributed by atoms with E-state index in [9.17, 15) is 13.2 Å². The SMILES string of the molecule is CC(C)[C@H](NS(=O)(=O)c1ccc(CN)cc1)C(=O)OC(C)(C)C. The van der Waals surface area contributed by atoms with Gasteiger partial charge >= 0.3 is 5.97 Å². The standard InChI is InChI=1S/C16H26N2O4S/c1-11(2)14(15(19)22-16(3,4)5)18-23(20,21)13-8-6-12(10-17)7-9-13/h6-9,11,14,18H,10,17H2,1-5H3/t14-/m0/s1. The van der Waals surface area contributed by atoms with Gasteiger partial charge in [0.2, 0.25) is 10.0 Å². The minimum Gasteiger partial charge on any atom is -0.459 e. The van der Waals surface area contributed by atoms with Crippen LogP contribution in [0.2, 0.25) is 0 Å². The number of ether oxygens (including phenoxy) is 1. The highest BCUT2D eigenvalue weighted by molar-refractivity contribution is 7.89. The average Bonchev–Trinajstić information content (AvgIpc) is 2.42. The number of hydrogen-bond acceptors (Lipinski definition) is 5. The molecule has 0 saturated heterocycles. The highest BCUT2D eigenvalue weighted by atomic mass is 32.2. The van der Waals surface area contributed by atoms with E-state index in [1.165, 1.54) is 12.1 Å². The maximum Gasteiger partial charge on any atom is 0.324 e. The van der Waals surface area contributed by atoms with E-state index in [-0.39, 0.29) is 10.8 Å². The summed E-state index contributed by atoms with van der Waals surface area (Å²) < 4.78 is 32.7. The van der Waals surface area contributed by atoms with E-state index in [4.69, 9.17) is 10.5 Å². The Morgan fingerprint density at radius 2 is 1.74 bits per heavy atom. The largest absolute Gasteiger partial charge is 0.459 e. The van der Waals surface area contributed by atoms with E-state index < -0.39 is 27.6 Å². The molecule has 0 fully saturated rings. The Morgan fingerprint density at radius 1 is 1.22 bits per heavy atom. The van der Waals surface area contributed by atoms with Gasteiger partial charge in [-0.2, -0.15) is 4.72 Å². The van der Waals surface area contributed by atoms with Gasteiger partial charge in [-0.25, -0.2) is 8.42 Å². The molecule has 1 aromatic rings. The Morgan fingerprint density at radius 3 is 2.13 bits per heavy atom. The molecule has 23 heavy (non-hydrogen) atoms. The summed E-state index contributed by atoms with van der Waals surface area (Å²) in [7, 11) is -3.82. The molecule has 0 aliphatic carbocycles. The molecule has 0 amide bonds. The molecule has 1 atom stereocenters. The van der Waals surface area contributed by atoms with E-state index in [1.54, 1.807) is 46.8 Å². The molecule has 1 rings (SSSR count). The number of sulfonamides is 1. The molecule has 0 aliphatic rings. The maximum absolute atomic E-state index is 12.5. The monoisotopic (exact) mass is 342 g/mol. The van der Waals surface area contributed by atoms with Crippen molar-refractivity contribution in [3.8, 4) is 0 Å². The van der Waals surface area contributed by atoms with Crippen LogP contribution < -0.4 is 10.5 Å². The molecule has 1 aromatic carbocycles. The normalized spacial score (nSPS) is 13.9. The van der Waals surface area contributed by atoms with Crippen LogP contribution in [-0.4, -0.2) is 26.0 Å². The molecular weight excluding hydrogens is 316 g/mol.